The van der Waals surface area contributed by atoms with Crippen molar-refractivity contribution < 1.29 is 9.59 Å². The lowest BCUT2D eigenvalue weighted by molar-refractivity contribution is -0.120. The van der Waals surface area contributed by atoms with Crippen LogP contribution in [0.1, 0.15) is 68.8 Å². The van der Waals surface area contributed by atoms with E-state index in [1.54, 1.807) is 12.1 Å². The molecule has 2 amide bonds. The zero-order chi connectivity index (χ0) is 22.4. The lowest BCUT2D eigenvalue weighted by Gasteiger charge is -2.21. The Balaban J connectivity index is 1.56. The van der Waals surface area contributed by atoms with E-state index in [1.165, 1.54) is 6.42 Å². The van der Waals surface area contributed by atoms with Gasteiger partial charge in [0, 0.05) is 22.9 Å². The maximum Gasteiger partial charge on any atom is 0.257 e. The van der Waals surface area contributed by atoms with Crippen molar-refractivity contribution in [3.8, 4) is 0 Å². The monoisotopic (exact) mass is 437 g/mol. The highest BCUT2D eigenvalue weighted by atomic mass is 32.1. The summed E-state index contributed by atoms with van der Waals surface area (Å²) in [6, 6.07) is 14.9. The summed E-state index contributed by atoms with van der Waals surface area (Å²) in [7, 11) is 0. The molecule has 0 saturated heterocycles. The molecule has 0 bridgehead atoms. The molecule has 1 fully saturated rings. The van der Waals surface area contributed by atoms with Crippen molar-refractivity contribution in [3.63, 3.8) is 0 Å². The molecule has 0 atom stereocenters. The van der Waals surface area contributed by atoms with Crippen molar-refractivity contribution in [1.82, 2.24) is 5.32 Å². The van der Waals surface area contributed by atoms with Crippen LogP contribution in [0.4, 0.5) is 11.4 Å². The van der Waals surface area contributed by atoms with Crippen LogP contribution in [0.3, 0.4) is 0 Å². The number of nitrogens with one attached hydrogen (secondary N) is 3. The molecule has 164 valence electrons. The van der Waals surface area contributed by atoms with Crippen LogP contribution in [0.25, 0.3) is 0 Å². The fourth-order valence-electron chi connectivity index (χ4n) is 3.74. The largest absolute Gasteiger partial charge is 0.332 e. The fourth-order valence-corrected chi connectivity index (χ4v) is 3.95. The minimum atomic E-state index is -0.264. The van der Waals surface area contributed by atoms with Gasteiger partial charge >= 0.3 is 0 Å². The predicted molar refractivity (Wildman–Crippen MR) is 130 cm³/mol. The maximum atomic E-state index is 12.5. The Morgan fingerprint density at radius 1 is 0.903 bits per heavy atom. The Morgan fingerprint density at radius 2 is 1.52 bits per heavy atom. The third kappa shape index (κ3) is 6.62. The summed E-state index contributed by atoms with van der Waals surface area (Å²) in [5.41, 5.74) is 3.16. The van der Waals surface area contributed by atoms with Crippen LogP contribution in [-0.2, 0) is 10.2 Å². The van der Waals surface area contributed by atoms with Crippen molar-refractivity contribution >= 4 is 40.5 Å². The highest BCUT2D eigenvalue weighted by Gasteiger charge is 2.21. The molecule has 6 heteroatoms. The van der Waals surface area contributed by atoms with Crippen LogP contribution in [-0.4, -0.2) is 16.9 Å². The molecule has 31 heavy (non-hydrogen) atoms. The van der Waals surface area contributed by atoms with E-state index in [-0.39, 0.29) is 28.3 Å². The molecule has 3 N–H and O–H groups in total. The van der Waals surface area contributed by atoms with E-state index in [0.29, 0.717) is 16.9 Å². The molecular weight excluding hydrogens is 406 g/mol. The van der Waals surface area contributed by atoms with Gasteiger partial charge in [-0.3, -0.25) is 14.9 Å². The van der Waals surface area contributed by atoms with Crippen molar-refractivity contribution in [2.45, 2.75) is 58.3 Å². The first-order chi connectivity index (χ1) is 14.7. The zero-order valence-electron chi connectivity index (χ0n) is 18.5. The molecule has 0 heterocycles. The number of thiocarbonyl (C=S) groups is 1. The Kier molecular flexibility index (Phi) is 7.44. The van der Waals surface area contributed by atoms with E-state index < -0.39 is 0 Å². The normalized spacial score (nSPS) is 14.5. The molecule has 3 rings (SSSR count). The van der Waals surface area contributed by atoms with Gasteiger partial charge in [0.25, 0.3) is 5.91 Å². The molecule has 0 aromatic heterocycles. The molecule has 2 aromatic carbocycles. The molecule has 0 spiro atoms. The van der Waals surface area contributed by atoms with Crippen LogP contribution < -0.4 is 16.0 Å². The second kappa shape index (κ2) is 10.1. The molecular formula is C25H31N3O2S. The molecule has 0 radical (unpaired) electrons. The molecule has 1 aliphatic rings. The van der Waals surface area contributed by atoms with Gasteiger partial charge in [0.1, 0.15) is 0 Å². The average Bonchev–Trinajstić information content (AvgIpc) is 2.74. The second-order valence-electron chi connectivity index (χ2n) is 9.14. The van der Waals surface area contributed by atoms with E-state index in [0.717, 1.165) is 31.2 Å². The quantitative estimate of drug-likeness (QED) is 0.542. The molecule has 0 aliphatic heterocycles. The summed E-state index contributed by atoms with van der Waals surface area (Å²) in [4.78, 5) is 25.0. The number of rotatable bonds is 4. The van der Waals surface area contributed by atoms with Gasteiger partial charge in [0.05, 0.1) is 0 Å². The number of carbonyl (C=O) groups excluding carboxylic acids is 2. The van der Waals surface area contributed by atoms with Crippen LogP contribution in [0.5, 0.6) is 0 Å². The first kappa shape index (κ1) is 22.9. The van der Waals surface area contributed by atoms with Crippen molar-refractivity contribution in [2.24, 2.45) is 5.92 Å². The van der Waals surface area contributed by atoms with Gasteiger partial charge in [-0.25, -0.2) is 0 Å². The SMILES string of the molecule is CC(C)(C)c1ccc(C(=O)NC(=S)Nc2cccc(NC(=O)C3CCCCC3)c2)cc1. The first-order valence-electron chi connectivity index (χ1n) is 10.9. The van der Waals surface area contributed by atoms with E-state index in [1.807, 2.05) is 36.4 Å². The molecule has 1 saturated carbocycles. The Labute approximate surface area is 190 Å². The van der Waals surface area contributed by atoms with Gasteiger partial charge in [-0.05, 0) is 66.4 Å². The van der Waals surface area contributed by atoms with E-state index >= 15 is 0 Å². The van der Waals surface area contributed by atoms with E-state index in [4.69, 9.17) is 12.2 Å². The van der Waals surface area contributed by atoms with Crippen molar-refractivity contribution in [2.75, 3.05) is 10.6 Å². The van der Waals surface area contributed by atoms with Gasteiger partial charge in [0.2, 0.25) is 5.91 Å². The first-order valence-corrected chi connectivity index (χ1v) is 11.3. The molecule has 2 aromatic rings. The lowest BCUT2D eigenvalue weighted by Crippen LogP contribution is -2.34. The van der Waals surface area contributed by atoms with Gasteiger partial charge in [-0.2, -0.15) is 0 Å². The van der Waals surface area contributed by atoms with Crippen molar-refractivity contribution in [1.29, 1.82) is 0 Å². The standard InChI is InChI=1S/C25H31N3O2S/c1-25(2,3)19-14-12-18(13-15-19)23(30)28-24(31)27-21-11-7-10-20(16-21)26-22(29)17-8-5-4-6-9-17/h7,10-17H,4-6,8-9H2,1-3H3,(H,26,29)(H2,27,28,30,31). The Hall–Kier alpha value is -2.73. The van der Waals surface area contributed by atoms with Gasteiger partial charge < -0.3 is 10.6 Å². The minimum absolute atomic E-state index is 0.0310. The number of benzene rings is 2. The smallest absolute Gasteiger partial charge is 0.257 e. The summed E-state index contributed by atoms with van der Waals surface area (Å²) in [6.45, 7) is 6.40. The number of hydrogen-bond donors (Lipinski definition) is 3. The fraction of sp³-hybridized carbons (Fsp3) is 0.400. The summed E-state index contributed by atoms with van der Waals surface area (Å²) < 4.78 is 0. The molecule has 5 nitrogen and oxygen atoms in total. The summed E-state index contributed by atoms with van der Waals surface area (Å²) in [5, 5.41) is 8.94. The Bertz CT molecular complexity index is 942. The van der Waals surface area contributed by atoms with Crippen LogP contribution in [0.15, 0.2) is 48.5 Å². The van der Waals surface area contributed by atoms with Gasteiger partial charge in [0.15, 0.2) is 5.11 Å². The highest BCUT2D eigenvalue weighted by molar-refractivity contribution is 7.80. The van der Waals surface area contributed by atoms with Crippen molar-refractivity contribution in [3.05, 3.63) is 59.7 Å². The zero-order valence-corrected chi connectivity index (χ0v) is 19.3. The number of amides is 2. The molecule has 0 unspecified atom stereocenters. The highest BCUT2D eigenvalue weighted by Crippen LogP contribution is 2.25. The Morgan fingerprint density at radius 3 is 2.13 bits per heavy atom. The number of hydrogen-bond acceptors (Lipinski definition) is 3. The topological polar surface area (TPSA) is 70.2 Å². The maximum absolute atomic E-state index is 12.5. The van der Waals surface area contributed by atoms with Gasteiger partial charge in [-0.1, -0.05) is 58.2 Å². The summed E-state index contributed by atoms with van der Waals surface area (Å²) in [5.74, 6) is -0.0958. The average molecular weight is 438 g/mol. The second-order valence-corrected chi connectivity index (χ2v) is 9.55. The number of anilines is 2. The van der Waals surface area contributed by atoms with E-state index in [2.05, 4.69) is 36.7 Å². The summed E-state index contributed by atoms with van der Waals surface area (Å²) >= 11 is 5.30. The van der Waals surface area contributed by atoms with Crippen LogP contribution in [0.2, 0.25) is 0 Å². The van der Waals surface area contributed by atoms with Crippen LogP contribution in [0, 0.1) is 5.92 Å². The van der Waals surface area contributed by atoms with Gasteiger partial charge in [-0.15, -0.1) is 0 Å². The third-order valence-corrected chi connectivity index (χ3v) is 5.81. The number of carbonyl (C=O) groups is 2. The lowest BCUT2D eigenvalue weighted by atomic mass is 9.87. The third-order valence-electron chi connectivity index (χ3n) is 5.60. The van der Waals surface area contributed by atoms with Crippen LogP contribution >= 0.6 is 12.2 Å². The molecule has 1 aliphatic carbocycles. The predicted octanol–water partition coefficient (Wildman–Crippen LogP) is 5.63. The van der Waals surface area contributed by atoms with E-state index in [9.17, 15) is 9.59 Å². The summed E-state index contributed by atoms with van der Waals surface area (Å²) in [6.07, 6.45) is 5.36. The minimum Gasteiger partial charge on any atom is -0.332 e.